The molecule has 0 bridgehead atoms. The summed E-state index contributed by atoms with van der Waals surface area (Å²) in [5, 5.41) is 9.22. The number of likely N-dealkylation sites (N-methyl/N-ethyl adjacent to an activating group) is 1. The van der Waals surface area contributed by atoms with Gasteiger partial charge in [-0.2, -0.15) is 0 Å². The van der Waals surface area contributed by atoms with Crippen LogP contribution in [0.25, 0.3) is 0 Å². The summed E-state index contributed by atoms with van der Waals surface area (Å²) in [6.45, 7) is 7.69. The number of carbonyl (C=O) groups is 1. The van der Waals surface area contributed by atoms with Crippen LogP contribution in [0.2, 0.25) is 0 Å². The molecule has 1 aromatic rings. The molecule has 0 amide bonds. The van der Waals surface area contributed by atoms with E-state index in [0.717, 1.165) is 22.6 Å². The van der Waals surface area contributed by atoms with E-state index in [9.17, 15) is 9.90 Å². The molecule has 0 fully saturated rings. The van der Waals surface area contributed by atoms with E-state index >= 15 is 0 Å². The molecule has 0 aromatic carbocycles. The number of carboxylic acids is 1. The van der Waals surface area contributed by atoms with Gasteiger partial charge in [0, 0.05) is 23.9 Å². The van der Waals surface area contributed by atoms with Crippen molar-refractivity contribution < 1.29 is 14.6 Å². The Kier molecular flexibility index (Phi) is 4.52. The molecule has 1 rings (SSSR count). The third-order valence-corrected chi connectivity index (χ3v) is 3.61. The van der Waals surface area contributed by atoms with Crippen molar-refractivity contribution in [2.75, 3.05) is 14.2 Å². The van der Waals surface area contributed by atoms with Crippen LogP contribution in [0, 0.1) is 13.8 Å². The van der Waals surface area contributed by atoms with Crippen molar-refractivity contribution in [1.29, 1.82) is 0 Å². The quantitative estimate of drug-likeness (QED) is 0.883. The Morgan fingerprint density at radius 1 is 1.47 bits per heavy atom. The molecule has 5 nitrogen and oxygen atoms in total. The lowest BCUT2D eigenvalue weighted by atomic mass is 10.0. The number of nitrogens with zero attached hydrogens (tertiary/aromatic N) is 2. The third kappa shape index (κ3) is 3.04. The maximum Gasteiger partial charge on any atom is 0.323 e. The largest absolute Gasteiger partial charge is 0.496 e. The van der Waals surface area contributed by atoms with Gasteiger partial charge in [-0.15, -0.1) is 0 Å². The molecule has 0 aliphatic rings. The van der Waals surface area contributed by atoms with Crippen molar-refractivity contribution in [2.45, 2.75) is 39.8 Å². The fraction of sp³-hybridized carbons (Fsp3) is 0.571. The minimum absolute atomic E-state index is 0.460. The van der Waals surface area contributed by atoms with Gasteiger partial charge >= 0.3 is 5.97 Å². The van der Waals surface area contributed by atoms with Crippen LogP contribution in [-0.4, -0.2) is 40.7 Å². The summed E-state index contributed by atoms with van der Waals surface area (Å²) in [5.41, 5.74) is 1.82. The van der Waals surface area contributed by atoms with Gasteiger partial charge in [-0.05, 0) is 34.7 Å². The normalized spacial score (nSPS) is 11.7. The fourth-order valence-corrected chi connectivity index (χ4v) is 1.82. The second-order valence-corrected chi connectivity index (χ2v) is 5.27. The van der Waals surface area contributed by atoms with Crippen molar-refractivity contribution in [2.24, 2.45) is 0 Å². The lowest BCUT2D eigenvalue weighted by Gasteiger charge is -2.31. The number of pyridine rings is 1. The van der Waals surface area contributed by atoms with E-state index in [1.807, 2.05) is 13.8 Å². The van der Waals surface area contributed by atoms with Crippen LogP contribution in [0.1, 0.15) is 30.7 Å². The monoisotopic (exact) mass is 266 g/mol. The maximum atomic E-state index is 11.2. The zero-order valence-electron chi connectivity index (χ0n) is 12.4. The minimum Gasteiger partial charge on any atom is -0.496 e. The molecule has 5 heteroatoms. The highest BCUT2D eigenvalue weighted by molar-refractivity contribution is 5.77. The van der Waals surface area contributed by atoms with Gasteiger partial charge in [-0.3, -0.25) is 14.7 Å². The molecule has 19 heavy (non-hydrogen) atoms. The fourth-order valence-electron chi connectivity index (χ4n) is 1.82. The number of methoxy groups -OCH3 is 1. The average molecular weight is 266 g/mol. The van der Waals surface area contributed by atoms with Gasteiger partial charge in [-0.1, -0.05) is 0 Å². The first-order valence-electron chi connectivity index (χ1n) is 6.15. The van der Waals surface area contributed by atoms with E-state index in [1.54, 1.807) is 39.1 Å². The van der Waals surface area contributed by atoms with Crippen LogP contribution >= 0.6 is 0 Å². The number of ether oxygens (including phenoxy) is 1. The number of aryl methyl sites for hydroxylation is 1. The Balaban J connectivity index is 3.04. The standard InChI is InChI=1S/C14H22N2O3/c1-9-7-15-11(10(2)12(9)19-6)8-16(5)14(3,4)13(17)18/h7H,8H2,1-6H3,(H,17,18). The molecule has 0 saturated heterocycles. The van der Waals surface area contributed by atoms with E-state index < -0.39 is 11.5 Å². The van der Waals surface area contributed by atoms with Crippen molar-refractivity contribution in [3.05, 3.63) is 23.0 Å². The molecule has 0 aliphatic heterocycles. The van der Waals surface area contributed by atoms with Crippen LogP contribution in [0.3, 0.4) is 0 Å². The molecule has 0 spiro atoms. The van der Waals surface area contributed by atoms with E-state index in [2.05, 4.69) is 4.98 Å². The van der Waals surface area contributed by atoms with Crippen LogP contribution in [0.4, 0.5) is 0 Å². The molecule has 106 valence electrons. The summed E-state index contributed by atoms with van der Waals surface area (Å²) < 4.78 is 5.36. The zero-order chi connectivity index (χ0) is 14.8. The topological polar surface area (TPSA) is 62.7 Å². The van der Waals surface area contributed by atoms with Crippen LogP contribution in [-0.2, 0) is 11.3 Å². The first-order chi connectivity index (χ1) is 8.71. The number of carboxylic acid groups (broad SMARTS) is 1. The van der Waals surface area contributed by atoms with Gasteiger partial charge in [0.25, 0.3) is 0 Å². The summed E-state index contributed by atoms with van der Waals surface area (Å²) in [5.74, 6) is -0.0433. The molecule has 1 heterocycles. The SMILES string of the molecule is COc1c(C)cnc(CN(C)C(C)(C)C(=O)O)c1C. The van der Waals surface area contributed by atoms with Crippen LogP contribution in [0.5, 0.6) is 5.75 Å². The maximum absolute atomic E-state index is 11.2. The number of hydrogen-bond donors (Lipinski definition) is 1. The van der Waals surface area contributed by atoms with E-state index in [0.29, 0.717) is 6.54 Å². The second-order valence-electron chi connectivity index (χ2n) is 5.27. The Labute approximate surface area is 114 Å². The Hall–Kier alpha value is -1.62. The Morgan fingerprint density at radius 3 is 2.53 bits per heavy atom. The molecular formula is C14H22N2O3. The van der Waals surface area contributed by atoms with E-state index in [1.165, 1.54) is 0 Å². The summed E-state index contributed by atoms with van der Waals surface area (Å²) in [7, 11) is 3.41. The van der Waals surface area contributed by atoms with Gasteiger partial charge in [-0.25, -0.2) is 0 Å². The Morgan fingerprint density at radius 2 is 2.05 bits per heavy atom. The van der Waals surface area contributed by atoms with Crippen molar-refractivity contribution >= 4 is 5.97 Å². The van der Waals surface area contributed by atoms with E-state index in [-0.39, 0.29) is 0 Å². The highest BCUT2D eigenvalue weighted by Gasteiger charge is 2.32. The summed E-state index contributed by atoms with van der Waals surface area (Å²) in [6, 6.07) is 0. The lowest BCUT2D eigenvalue weighted by molar-refractivity contribution is -0.148. The first kappa shape index (κ1) is 15.4. The zero-order valence-corrected chi connectivity index (χ0v) is 12.4. The molecule has 0 saturated carbocycles. The summed E-state index contributed by atoms with van der Waals surface area (Å²) in [6.07, 6.45) is 1.75. The van der Waals surface area contributed by atoms with Gasteiger partial charge in [0.1, 0.15) is 11.3 Å². The van der Waals surface area contributed by atoms with Gasteiger partial charge in [0.2, 0.25) is 0 Å². The summed E-state index contributed by atoms with van der Waals surface area (Å²) in [4.78, 5) is 17.4. The van der Waals surface area contributed by atoms with Crippen LogP contribution < -0.4 is 4.74 Å². The van der Waals surface area contributed by atoms with Gasteiger partial charge < -0.3 is 9.84 Å². The highest BCUT2D eigenvalue weighted by atomic mass is 16.5. The molecule has 0 atom stereocenters. The number of aromatic nitrogens is 1. The molecule has 1 N–H and O–H groups in total. The summed E-state index contributed by atoms with van der Waals surface area (Å²) >= 11 is 0. The van der Waals surface area contributed by atoms with Crippen LogP contribution in [0.15, 0.2) is 6.20 Å². The smallest absolute Gasteiger partial charge is 0.323 e. The van der Waals surface area contributed by atoms with Gasteiger partial charge in [0.05, 0.1) is 12.8 Å². The number of rotatable bonds is 5. The molecule has 0 unspecified atom stereocenters. The van der Waals surface area contributed by atoms with E-state index in [4.69, 9.17) is 4.74 Å². The molecule has 0 aliphatic carbocycles. The molecule has 1 aromatic heterocycles. The third-order valence-electron chi connectivity index (χ3n) is 3.61. The van der Waals surface area contributed by atoms with Gasteiger partial charge in [0.15, 0.2) is 0 Å². The van der Waals surface area contributed by atoms with Crippen molar-refractivity contribution in [1.82, 2.24) is 9.88 Å². The minimum atomic E-state index is -0.938. The van der Waals surface area contributed by atoms with Crippen molar-refractivity contribution in [3.63, 3.8) is 0 Å². The average Bonchev–Trinajstić information content (AvgIpc) is 2.33. The highest BCUT2D eigenvalue weighted by Crippen LogP contribution is 2.26. The second kappa shape index (κ2) is 5.57. The predicted octanol–water partition coefficient (Wildman–Crippen LogP) is 2.00. The number of hydrogen-bond acceptors (Lipinski definition) is 4. The number of aliphatic carboxylic acids is 1. The first-order valence-corrected chi connectivity index (χ1v) is 6.15. The molecular weight excluding hydrogens is 244 g/mol. The van der Waals surface area contributed by atoms with Crippen molar-refractivity contribution in [3.8, 4) is 5.75 Å². The molecule has 0 radical (unpaired) electrons. The lowest BCUT2D eigenvalue weighted by Crippen LogP contribution is -2.47. The Bertz CT molecular complexity index is 484. The predicted molar refractivity (Wildman–Crippen MR) is 73.4 cm³/mol.